The lowest BCUT2D eigenvalue weighted by Crippen LogP contribution is -2.18. The molecule has 0 saturated heterocycles. The maximum absolute atomic E-state index is 13.7. The maximum atomic E-state index is 13.7. The second-order valence-corrected chi connectivity index (χ2v) is 9.81. The van der Waals surface area contributed by atoms with Crippen LogP contribution >= 0.6 is 0 Å². The Labute approximate surface area is 246 Å². The Morgan fingerprint density at radius 1 is 0.455 bits per heavy atom. The van der Waals surface area contributed by atoms with E-state index in [0.717, 1.165) is 0 Å². The topological polar surface area (TPSA) is 184 Å². The summed E-state index contributed by atoms with van der Waals surface area (Å²) in [5.41, 5.74) is 0.00297. The Morgan fingerprint density at radius 3 is 1.11 bits per heavy atom. The minimum atomic E-state index is -1.27. The number of hydrogen-bond donors (Lipinski definition) is 4. The van der Waals surface area contributed by atoms with E-state index in [0.29, 0.717) is 37.7 Å². The molecule has 12 heteroatoms. The van der Waals surface area contributed by atoms with E-state index in [4.69, 9.17) is 0 Å². The molecule has 2 amide bonds. The van der Waals surface area contributed by atoms with Crippen LogP contribution in [0, 0.1) is 0 Å². The second kappa shape index (κ2) is 10.1. The van der Waals surface area contributed by atoms with Crippen molar-refractivity contribution in [3.05, 3.63) is 108 Å². The number of carboxylic acids is 2. The number of benzene rings is 5. The molecule has 0 atom stereocenters. The molecule has 0 fully saturated rings. The number of hydrogen-bond acceptors (Lipinski definition) is 8. The highest BCUT2D eigenvalue weighted by Gasteiger charge is 2.26. The van der Waals surface area contributed by atoms with E-state index in [1.165, 1.54) is 36.9 Å². The van der Waals surface area contributed by atoms with Gasteiger partial charge < -0.3 is 10.2 Å². The molecule has 0 bridgehead atoms. The Hall–Kier alpha value is -6.56. The van der Waals surface area contributed by atoms with Gasteiger partial charge in [-0.15, -0.1) is 0 Å². The maximum Gasteiger partial charge on any atom is 0.336 e. The number of carbonyl (C=O) groups excluding carboxylic acids is 2. The lowest BCUT2D eigenvalue weighted by Gasteiger charge is -2.19. The number of anilines is 2. The lowest BCUT2D eigenvalue weighted by atomic mass is 9.84. The first kappa shape index (κ1) is 26.3. The standard InChI is InChI=1S/C32H18N6O6/c39-27(37-31-33-11-1-12-34-31)19-7-3-15-17-5-9-21(29(41)42)26-22(30(43)44)10-6-18(24(17)26)16-4-8-20(25(19)23(15)16)28(40)38-32-35-13-2-14-36-32/h1-14H,(H,41,42)(H,43,44)(H,33,34,37,39)(H,35,36,38,40). The highest BCUT2D eigenvalue weighted by atomic mass is 16.4. The number of carbonyl (C=O) groups is 4. The van der Waals surface area contributed by atoms with Crippen LogP contribution in [0.25, 0.3) is 43.1 Å². The smallest absolute Gasteiger partial charge is 0.336 e. The molecule has 7 rings (SSSR count). The van der Waals surface area contributed by atoms with Crippen LogP contribution in [-0.2, 0) is 0 Å². The Bertz CT molecular complexity index is 2170. The molecule has 2 heterocycles. The van der Waals surface area contributed by atoms with Gasteiger partial charge in [-0.25, -0.2) is 29.5 Å². The molecular formula is C32H18N6O6. The van der Waals surface area contributed by atoms with Gasteiger partial charge in [-0.05, 0) is 68.7 Å². The van der Waals surface area contributed by atoms with Crippen molar-refractivity contribution < 1.29 is 29.4 Å². The van der Waals surface area contributed by atoms with Crippen molar-refractivity contribution in [3.8, 4) is 0 Å². The van der Waals surface area contributed by atoms with Gasteiger partial charge in [0, 0.05) is 46.7 Å². The molecule has 4 N–H and O–H groups in total. The molecule has 0 aliphatic carbocycles. The first-order valence-electron chi connectivity index (χ1n) is 13.2. The molecule has 0 aliphatic heterocycles. The minimum absolute atomic E-state index is 0.0687. The van der Waals surface area contributed by atoms with Gasteiger partial charge in [0.1, 0.15) is 0 Å². The van der Waals surface area contributed by atoms with E-state index in [1.54, 1.807) is 48.5 Å². The number of amides is 2. The predicted octanol–water partition coefficient (Wildman–Crippen LogP) is 5.22. The Kier molecular flexibility index (Phi) is 6.03. The number of fused-ring (bicyclic) bond motifs is 2. The van der Waals surface area contributed by atoms with Crippen molar-refractivity contribution in [3.63, 3.8) is 0 Å². The highest BCUT2D eigenvalue weighted by molar-refractivity contribution is 6.38. The molecule has 5 aromatic carbocycles. The second-order valence-electron chi connectivity index (χ2n) is 9.81. The molecule has 212 valence electrons. The fourth-order valence-electron chi connectivity index (χ4n) is 5.69. The average molecular weight is 583 g/mol. The number of nitrogens with zero attached hydrogens (tertiary/aromatic N) is 4. The summed E-state index contributed by atoms with van der Waals surface area (Å²) in [5.74, 6) is -3.53. The molecule has 0 unspecified atom stereocenters. The quantitative estimate of drug-likeness (QED) is 0.150. The summed E-state index contributed by atoms with van der Waals surface area (Å²) in [6.07, 6.45) is 5.92. The fraction of sp³-hybridized carbons (Fsp3) is 0. The van der Waals surface area contributed by atoms with Gasteiger partial charge >= 0.3 is 11.9 Å². The molecule has 0 radical (unpaired) electrons. The van der Waals surface area contributed by atoms with Gasteiger partial charge in [0.05, 0.1) is 11.1 Å². The first-order chi connectivity index (χ1) is 21.3. The number of rotatable bonds is 6. The zero-order chi connectivity index (χ0) is 30.5. The van der Waals surface area contributed by atoms with Crippen molar-refractivity contribution in [2.24, 2.45) is 0 Å². The van der Waals surface area contributed by atoms with Crippen LogP contribution in [0.2, 0.25) is 0 Å². The largest absolute Gasteiger partial charge is 0.478 e. The zero-order valence-electron chi connectivity index (χ0n) is 22.4. The summed E-state index contributed by atoms with van der Waals surface area (Å²) < 4.78 is 0. The Balaban J connectivity index is 1.58. The van der Waals surface area contributed by atoms with Crippen LogP contribution in [0.5, 0.6) is 0 Å². The van der Waals surface area contributed by atoms with E-state index in [2.05, 4.69) is 30.6 Å². The molecule has 0 saturated carbocycles. The van der Waals surface area contributed by atoms with Gasteiger partial charge in [0.25, 0.3) is 11.8 Å². The first-order valence-corrected chi connectivity index (χ1v) is 13.2. The summed E-state index contributed by atoms with van der Waals surface area (Å²) in [6, 6.07) is 15.7. The third kappa shape index (κ3) is 4.09. The van der Waals surface area contributed by atoms with Crippen molar-refractivity contribution >= 4 is 78.7 Å². The van der Waals surface area contributed by atoms with Gasteiger partial charge in [0.15, 0.2) is 0 Å². The number of aromatic nitrogens is 4. The summed E-state index contributed by atoms with van der Waals surface area (Å²) in [7, 11) is 0. The van der Waals surface area contributed by atoms with E-state index in [-0.39, 0.29) is 39.5 Å². The summed E-state index contributed by atoms with van der Waals surface area (Å²) in [4.78, 5) is 68.0. The van der Waals surface area contributed by atoms with Crippen LogP contribution < -0.4 is 10.6 Å². The number of carboxylic acid groups (broad SMARTS) is 2. The predicted molar refractivity (Wildman–Crippen MR) is 162 cm³/mol. The van der Waals surface area contributed by atoms with Gasteiger partial charge in [0.2, 0.25) is 11.9 Å². The minimum Gasteiger partial charge on any atom is -0.478 e. The zero-order valence-corrected chi connectivity index (χ0v) is 22.4. The summed E-state index contributed by atoms with van der Waals surface area (Å²) in [5, 5.41) is 28.9. The van der Waals surface area contributed by atoms with E-state index in [1.807, 2.05) is 0 Å². The molecule has 7 aromatic rings. The van der Waals surface area contributed by atoms with Crippen molar-refractivity contribution in [2.45, 2.75) is 0 Å². The van der Waals surface area contributed by atoms with Crippen molar-refractivity contribution in [2.75, 3.05) is 10.6 Å². The van der Waals surface area contributed by atoms with Crippen molar-refractivity contribution in [1.29, 1.82) is 0 Å². The summed E-state index contributed by atoms with van der Waals surface area (Å²) >= 11 is 0. The van der Waals surface area contributed by atoms with Crippen molar-refractivity contribution in [1.82, 2.24) is 19.9 Å². The monoisotopic (exact) mass is 582 g/mol. The molecule has 0 aliphatic rings. The normalized spacial score (nSPS) is 11.3. The molecule has 12 nitrogen and oxygen atoms in total. The van der Waals surface area contributed by atoms with E-state index in [9.17, 15) is 29.4 Å². The van der Waals surface area contributed by atoms with Crippen LogP contribution in [-0.4, -0.2) is 53.9 Å². The van der Waals surface area contributed by atoms with Gasteiger partial charge in [-0.3, -0.25) is 20.2 Å². The SMILES string of the molecule is O=C(O)c1ccc2c3ccc(C(=O)Nc4ncccn4)c4c(C(=O)Nc5ncccn5)ccc(c5ccc(C(=O)O)c1c25)c43. The number of aromatic carboxylic acids is 2. The van der Waals surface area contributed by atoms with Crippen LogP contribution in [0.1, 0.15) is 41.4 Å². The molecular weight excluding hydrogens is 564 g/mol. The van der Waals surface area contributed by atoms with Crippen LogP contribution in [0.4, 0.5) is 11.9 Å². The fourth-order valence-corrected chi connectivity index (χ4v) is 5.69. The van der Waals surface area contributed by atoms with Crippen LogP contribution in [0.15, 0.2) is 85.5 Å². The summed E-state index contributed by atoms with van der Waals surface area (Å²) in [6.45, 7) is 0. The van der Waals surface area contributed by atoms with E-state index >= 15 is 0 Å². The lowest BCUT2D eigenvalue weighted by molar-refractivity contribution is 0.0695. The van der Waals surface area contributed by atoms with Crippen LogP contribution in [0.3, 0.4) is 0 Å². The van der Waals surface area contributed by atoms with Gasteiger partial charge in [-0.2, -0.15) is 0 Å². The highest BCUT2D eigenvalue weighted by Crippen LogP contribution is 2.44. The molecule has 2 aromatic heterocycles. The van der Waals surface area contributed by atoms with E-state index < -0.39 is 23.8 Å². The third-order valence-corrected chi connectivity index (χ3v) is 7.43. The third-order valence-electron chi connectivity index (χ3n) is 7.43. The van der Waals surface area contributed by atoms with Gasteiger partial charge in [-0.1, -0.05) is 24.3 Å². The Morgan fingerprint density at radius 2 is 0.773 bits per heavy atom. The molecule has 44 heavy (non-hydrogen) atoms. The molecule has 0 spiro atoms. The number of nitrogens with one attached hydrogen (secondary N) is 2. The average Bonchev–Trinajstić information content (AvgIpc) is 3.03.